The smallest absolute Gasteiger partial charge is 0.0652 e. The van der Waals surface area contributed by atoms with Crippen LogP contribution in [0, 0.1) is 11.8 Å². The Hall–Kier alpha value is -0.820. The zero-order valence-corrected chi connectivity index (χ0v) is 14.7. The van der Waals surface area contributed by atoms with Crippen LogP contribution < -0.4 is 0 Å². The quantitative estimate of drug-likeness (QED) is 0.668. The third-order valence-corrected chi connectivity index (χ3v) is 3.42. The zero-order chi connectivity index (χ0) is 15.8. The average molecular weight is 278 g/mol. The minimum absolute atomic E-state index is 0.0220. The van der Waals surface area contributed by atoms with Gasteiger partial charge in [-0.05, 0) is 51.5 Å². The SMILES string of the molecule is CC(C)Cc1ccccc1.CC(C)OC(C)(C)C(C)C. The standard InChI is InChI=1S/C10H14.C9H20O/c1-9(2)8-10-6-4-3-5-7-10;1-7(2)9(5,6)10-8(3)4/h3-7,9H,8H2,1-2H3;7-8H,1-6H3. The van der Waals surface area contributed by atoms with Crippen molar-refractivity contribution in [2.45, 2.75) is 73.5 Å². The number of hydrogen-bond acceptors (Lipinski definition) is 1. The summed E-state index contributed by atoms with van der Waals surface area (Å²) in [6.07, 6.45) is 1.53. The second kappa shape index (κ2) is 9.18. The van der Waals surface area contributed by atoms with Gasteiger partial charge in [-0.25, -0.2) is 0 Å². The summed E-state index contributed by atoms with van der Waals surface area (Å²) in [5.74, 6) is 1.34. The molecular formula is C19H34O. The van der Waals surface area contributed by atoms with E-state index in [0.29, 0.717) is 12.0 Å². The molecule has 0 bridgehead atoms. The first-order valence-corrected chi connectivity index (χ1v) is 7.87. The van der Waals surface area contributed by atoms with Crippen LogP contribution in [0.1, 0.15) is 61.0 Å². The van der Waals surface area contributed by atoms with Gasteiger partial charge in [0.15, 0.2) is 0 Å². The molecular weight excluding hydrogens is 244 g/mol. The molecule has 0 heterocycles. The van der Waals surface area contributed by atoms with Crippen molar-refractivity contribution < 1.29 is 4.74 Å². The van der Waals surface area contributed by atoms with Gasteiger partial charge in [-0.3, -0.25) is 0 Å². The summed E-state index contributed by atoms with van der Waals surface area (Å²) in [7, 11) is 0. The highest BCUT2D eigenvalue weighted by molar-refractivity contribution is 5.14. The normalized spacial score (nSPS) is 11.8. The van der Waals surface area contributed by atoms with Gasteiger partial charge < -0.3 is 4.74 Å². The Kier molecular flexibility index (Phi) is 8.80. The van der Waals surface area contributed by atoms with Gasteiger partial charge in [-0.2, -0.15) is 0 Å². The predicted molar refractivity (Wildman–Crippen MR) is 90.1 cm³/mol. The highest BCUT2D eigenvalue weighted by atomic mass is 16.5. The summed E-state index contributed by atoms with van der Waals surface area (Å²) in [4.78, 5) is 0. The molecule has 0 atom stereocenters. The molecule has 0 radical (unpaired) electrons. The summed E-state index contributed by atoms with van der Waals surface area (Å²) in [6, 6.07) is 10.6. The minimum atomic E-state index is 0.0220. The van der Waals surface area contributed by atoms with Crippen molar-refractivity contribution >= 4 is 0 Å². The van der Waals surface area contributed by atoms with E-state index in [-0.39, 0.29) is 5.60 Å². The molecule has 0 aliphatic heterocycles. The van der Waals surface area contributed by atoms with E-state index in [1.165, 1.54) is 12.0 Å². The molecule has 0 unspecified atom stereocenters. The maximum atomic E-state index is 5.70. The lowest BCUT2D eigenvalue weighted by Gasteiger charge is -2.31. The molecule has 0 aromatic heterocycles. The topological polar surface area (TPSA) is 9.23 Å². The monoisotopic (exact) mass is 278 g/mol. The molecule has 0 saturated heterocycles. The van der Waals surface area contributed by atoms with E-state index < -0.39 is 0 Å². The molecule has 0 fully saturated rings. The van der Waals surface area contributed by atoms with E-state index in [1.54, 1.807) is 0 Å². The molecule has 1 nitrogen and oxygen atoms in total. The largest absolute Gasteiger partial charge is 0.373 e. The zero-order valence-electron chi connectivity index (χ0n) is 14.7. The van der Waals surface area contributed by atoms with Crippen molar-refractivity contribution in [1.29, 1.82) is 0 Å². The van der Waals surface area contributed by atoms with Crippen molar-refractivity contribution in [2.75, 3.05) is 0 Å². The van der Waals surface area contributed by atoms with Crippen LogP contribution in [0.25, 0.3) is 0 Å². The molecule has 1 heteroatoms. The van der Waals surface area contributed by atoms with Crippen molar-refractivity contribution in [1.82, 2.24) is 0 Å². The molecule has 0 aliphatic carbocycles. The Labute approximate surface area is 126 Å². The second-order valence-electron chi connectivity index (χ2n) is 7.01. The van der Waals surface area contributed by atoms with E-state index in [2.05, 4.69) is 85.7 Å². The lowest BCUT2D eigenvalue weighted by atomic mass is 9.94. The summed E-state index contributed by atoms with van der Waals surface area (Å²) >= 11 is 0. The van der Waals surface area contributed by atoms with E-state index in [1.807, 2.05) is 0 Å². The Balaban J connectivity index is 0.000000361. The Bertz CT molecular complexity index is 336. The lowest BCUT2D eigenvalue weighted by molar-refractivity contribution is -0.0835. The van der Waals surface area contributed by atoms with Gasteiger partial charge in [-0.15, -0.1) is 0 Å². The van der Waals surface area contributed by atoms with E-state index in [9.17, 15) is 0 Å². The molecule has 0 N–H and O–H groups in total. The molecule has 1 aromatic carbocycles. The maximum absolute atomic E-state index is 5.70. The van der Waals surface area contributed by atoms with Crippen LogP contribution in [-0.2, 0) is 11.2 Å². The van der Waals surface area contributed by atoms with Crippen LogP contribution in [0.4, 0.5) is 0 Å². The average Bonchev–Trinajstić information content (AvgIpc) is 2.28. The molecule has 0 saturated carbocycles. The maximum Gasteiger partial charge on any atom is 0.0652 e. The van der Waals surface area contributed by atoms with Crippen LogP contribution in [0.2, 0.25) is 0 Å². The highest BCUT2D eigenvalue weighted by Gasteiger charge is 2.23. The van der Waals surface area contributed by atoms with Gasteiger partial charge in [0, 0.05) is 0 Å². The van der Waals surface area contributed by atoms with E-state index >= 15 is 0 Å². The van der Waals surface area contributed by atoms with E-state index in [4.69, 9.17) is 4.74 Å². The van der Waals surface area contributed by atoms with Crippen molar-refractivity contribution in [3.05, 3.63) is 35.9 Å². The highest BCUT2D eigenvalue weighted by Crippen LogP contribution is 2.21. The van der Waals surface area contributed by atoms with Gasteiger partial charge in [0.25, 0.3) is 0 Å². The van der Waals surface area contributed by atoms with Gasteiger partial charge in [0.1, 0.15) is 0 Å². The van der Waals surface area contributed by atoms with Gasteiger partial charge in [0.05, 0.1) is 11.7 Å². The van der Waals surface area contributed by atoms with Crippen LogP contribution in [0.3, 0.4) is 0 Å². The van der Waals surface area contributed by atoms with Crippen molar-refractivity contribution in [3.63, 3.8) is 0 Å². The van der Waals surface area contributed by atoms with Gasteiger partial charge >= 0.3 is 0 Å². The molecule has 1 aromatic rings. The number of rotatable bonds is 5. The fourth-order valence-corrected chi connectivity index (χ4v) is 1.83. The Morgan fingerprint density at radius 3 is 1.70 bits per heavy atom. The third kappa shape index (κ3) is 9.14. The summed E-state index contributed by atoms with van der Waals surface area (Å²) in [5, 5.41) is 0. The molecule has 0 spiro atoms. The summed E-state index contributed by atoms with van der Waals surface area (Å²) in [6.45, 7) is 17.3. The Morgan fingerprint density at radius 2 is 1.40 bits per heavy atom. The second-order valence-corrected chi connectivity index (χ2v) is 7.01. The van der Waals surface area contributed by atoms with Crippen LogP contribution in [0.15, 0.2) is 30.3 Å². The fourth-order valence-electron chi connectivity index (χ4n) is 1.83. The minimum Gasteiger partial charge on any atom is -0.373 e. The van der Waals surface area contributed by atoms with Crippen LogP contribution >= 0.6 is 0 Å². The Morgan fingerprint density at radius 1 is 0.900 bits per heavy atom. The first-order chi connectivity index (χ1) is 9.15. The number of ether oxygens (including phenoxy) is 1. The van der Waals surface area contributed by atoms with Gasteiger partial charge in [-0.1, -0.05) is 58.0 Å². The van der Waals surface area contributed by atoms with Crippen molar-refractivity contribution in [3.8, 4) is 0 Å². The first kappa shape index (κ1) is 19.2. The van der Waals surface area contributed by atoms with Crippen molar-refractivity contribution in [2.24, 2.45) is 11.8 Å². The predicted octanol–water partition coefficient (Wildman–Crippen LogP) is 5.73. The lowest BCUT2D eigenvalue weighted by Crippen LogP contribution is -2.33. The van der Waals surface area contributed by atoms with Gasteiger partial charge in [0.2, 0.25) is 0 Å². The third-order valence-electron chi connectivity index (χ3n) is 3.42. The van der Waals surface area contributed by atoms with Crippen LogP contribution in [0.5, 0.6) is 0 Å². The van der Waals surface area contributed by atoms with E-state index in [0.717, 1.165) is 5.92 Å². The van der Waals surface area contributed by atoms with Crippen LogP contribution in [-0.4, -0.2) is 11.7 Å². The number of hydrogen-bond donors (Lipinski definition) is 0. The molecule has 20 heavy (non-hydrogen) atoms. The number of benzene rings is 1. The molecule has 0 aliphatic rings. The molecule has 0 amide bonds. The molecule has 1 rings (SSSR count). The fraction of sp³-hybridized carbons (Fsp3) is 0.684. The molecule has 116 valence electrons. The summed E-state index contributed by atoms with van der Waals surface area (Å²) < 4.78 is 5.70. The first-order valence-electron chi connectivity index (χ1n) is 7.87. The summed E-state index contributed by atoms with van der Waals surface area (Å²) in [5.41, 5.74) is 1.46.